The molecule has 3 rings (SSSR count). The average molecular weight is 316 g/mol. The standard InChI is InChI=1S/C16H20N4O3/c1-10-13(11(2)20(18-10)6-7-21)9-17-12-4-5-15-14(8-12)19(3)16(22)23-15/h4-5,8,17,21H,6-7,9H2,1-3H3. The maximum absolute atomic E-state index is 11.5. The molecule has 3 aromatic rings. The Bertz CT molecular complexity index is 904. The monoisotopic (exact) mass is 316 g/mol. The van der Waals surface area contributed by atoms with Crippen molar-refractivity contribution in [1.29, 1.82) is 0 Å². The van der Waals surface area contributed by atoms with Crippen molar-refractivity contribution in [2.45, 2.75) is 26.9 Å². The van der Waals surface area contributed by atoms with Crippen LogP contribution in [0.3, 0.4) is 0 Å². The maximum atomic E-state index is 11.5. The van der Waals surface area contributed by atoms with Crippen LogP contribution in [0.1, 0.15) is 17.0 Å². The Kier molecular flexibility index (Phi) is 3.96. The van der Waals surface area contributed by atoms with Crippen LogP contribution >= 0.6 is 0 Å². The van der Waals surface area contributed by atoms with E-state index in [1.54, 1.807) is 13.1 Å². The number of rotatable bonds is 5. The van der Waals surface area contributed by atoms with Gasteiger partial charge in [-0.25, -0.2) is 4.79 Å². The van der Waals surface area contributed by atoms with Crippen LogP contribution in [0.25, 0.3) is 11.1 Å². The number of aromatic nitrogens is 3. The highest BCUT2D eigenvalue weighted by Gasteiger charge is 2.11. The zero-order valence-electron chi connectivity index (χ0n) is 13.5. The van der Waals surface area contributed by atoms with Gasteiger partial charge in [0.2, 0.25) is 0 Å². The fraction of sp³-hybridized carbons (Fsp3) is 0.375. The van der Waals surface area contributed by atoms with Crippen LogP contribution in [-0.2, 0) is 20.1 Å². The Morgan fingerprint density at radius 2 is 2.13 bits per heavy atom. The Hall–Kier alpha value is -2.54. The third-order valence-electron chi connectivity index (χ3n) is 4.10. The van der Waals surface area contributed by atoms with E-state index in [-0.39, 0.29) is 12.4 Å². The van der Waals surface area contributed by atoms with E-state index in [4.69, 9.17) is 9.52 Å². The molecule has 0 spiro atoms. The van der Waals surface area contributed by atoms with E-state index < -0.39 is 0 Å². The summed E-state index contributed by atoms with van der Waals surface area (Å²) in [5.74, 6) is -0.367. The number of fused-ring (bicyclic) bond motifs is 1. The van der Waals surface area contributed by atoms with Crippen molar-refractivity contribution < 1.29 is 9.52 Å². The molecule has 0 aliphatic rings. The van der Waals surface area contributed by atoms with Gasteiger partial charge in [-0.1, -0.05) is 0 Å². The second kappa shape index (κ2) is 5.92. The summed E-state index contributed by atoms with van der Waals surface area (Å²) in [5.41, 5.74) is 5.33. The molecule has 0 atom stereocenters. The SMILES string of the molecule is Cc1nn(CCO)c(C)c1CNc1ccc2oc(=O)n(C)c2c1. The van der Waals surface area contributed by atoms with Crippen molar-refractivity contribution >= 4 is 16.8 Å². The predicted octanol–water partition coefficient (Wildman–Crippen LogP) is 1.55. The second-order valence-electron chi connectivity index (χ2n) is 5.56. The molecule has 7 heteroatoms. The molecule has 23 heavy (non-hydrogen) atoms. The highest BCUT2D eigenvalue weighted by molar-refractivity contribution is 5.77. The lowest BCUT2D eigenvalue weighted by Crippen LogP contribution is -2.08. The van der Waals surface area contributed by atoms with Crippen molar-refractivity contribution in [2.24, 2.45) is 7.05 Å². The number of anilines is 1. The molecular weight excluding hydrogens is 296 g/mol. The number of hydrogen-bond acceptors (Lipinski definition) is 5. The molecule has 122 valence electrons. The van der Waals surface area contributed by atoms with Crippen LogP contribution in [0, 0.1) is 13.8 Å². The summed E-state index contributed by atoms with van der Waals surface area (Å²) >= 11 is 0. The molecule has 0 radical (unpaired) electrons. The Balaban J connectivity index is 1.83. The minimum absolute atomic E-state index is 0.0695. The average Bonchev–Trinajstić information content (AvgIpc) is 2.96. The van der Waals surface area contributed by atoms with E-state index in [1.165, 1.54) is 4.57 Å². The van der Waals surface area contributed by atoms with Crippen LogP contribution in [0.4, 0.5) is 5.69 Å². The summed E-state index contributed by atoms with van der Waals surface area (Å²) in [4.78, 5) is 11.5. The number of nitrogens with one attached hydrogen (secondary N) is 1. The first-order valence-corrected chi connectivity index (χ1v) is 7.48. The highest BCUT2D eigenvalue weighted by Crippen LogP contribution is 2.20. The van der Waals surface area contributed by atoms with Gasteiger partial charge in [0.05, 0.1) is 24.4 Å². The van der Waals surface area contributed by atoms with Crippen molar-refractivity contribution in [3.63, 3.8) is 0 Å². The van der Waals surface area contributed by atoms with Gasteiger partial charge in [0.1, 0.15) is 0 Å². The first-order chi connectivity index (χ1) is 11.0. The van der Waals surface area contributed by atoms with E-state index in [0.717, 1.165) is 28.2 Å². The van der Waals surface area contributed by atoms with Crippen LogP contribution in [-0.4, -0.2) is 26.1 Å². The third kappa shape index (κ3) is 2.75. The van der Waals surface area contributed by atoms with Gasteiger partial charge in [-0.2, -0.15) is 5.10 Å². The van der Waals surface area contributed by atoms with E-state index in [2.05, 4.69) is 10.4 Å². The Morgan fingerprint density at radius 1 is 1.35 bits per heavy atom. The smallest absolute Gasteiger partial charge is 0.408 e. The summed E-state index contributed by atoms with van der Waals surface area (Å²) in [6.07, 6.45) is 0. The van der Waals surface area contributed by atoms with Crippen LogP contribution in [0.5, 0.6) is 0 Å². The molecule has 0 bridgehead atoms. The number of aryl methyl sites for hydroxylation is 2. The summed E-state index contributed by atoms with van der Waals surface area (Å²) in [6, 6.07) is 5.56. The molecule has 7 nitrogen and oxygen atoms in total. The number of aliphatic hydroxyl groups excluding tert-OH is 1. The summed E-state index contributed by atoms with van der Waals surface area (Å²) in [6.45, 7) is 5.15. The van der Waals surface area contributed by atoms with E-state index in [0.29, 0.717) is 18.7 Å². The van der Waals surface area contributed by atoms with Crippen molar-refractivity contribution in [3.8, 4) is 0 Å². The van der Waals surface area contributed by atoms with E-state index in [9.17, 15) is 4.79 Å². The molecule has 0 aliphatic heterocycles. The van der Waals surface area contributed by atoms with Gasteiger partial charge in [-0.15, -0.1) is 0 Å². The molecule has 0 saturated carbocycles. The van der Waals surface area contributed by atoms with Gasteiger partial charge < -0.3 is 14.8 Å². The minimum atomic E-state index is -0.367. The lowest BCUT2D eigenvalue weighted by atomic mass is 10.2. The Labute approximate surface area is 133 Å². The van der Waals surface area contributed by atoms with E-state index >= 15 is 0 Å². The summed E-state index contributed by atoms with van der Waals surface area (Å²) in [7, 11) is 1.69. The van der Waals surface area contributed by atoms with Crippen molar-refractivity contribution in [2.75, 3.05) is 11.9 Å². The Morgan fingerprint density at radius 3 is 2.87 bits per heavy atom. The first-order valence-electron chi connectivity index (χ1n) is 7.48. The highest BCUT2D eigenvalue weighted by atomic mass is 16.4. The van der Waals surface area contributed by atoms with Crippen LogP contribution in [0.15, 0.2) is 27.4 Å². The summed E-state index contributed by atoms with van der Waals surface area (Å²) < 4.78 is 8.42. The largest absolute Gasteiger partial charge is 0.419 e. The number of oxazole rings is 1. The molecular formula is C16H20N4O3. The zero-order chi connectivity index (χ0) is 16.6. The third-order valence-corrected chi connectivity index (χ3v) is 4.10. The molecule has 0 unspecified atom stereocenters. The van der Waals surface area contributed by atoms with Gasteiger partial charge in [0.25, 0.3) is 0 Å². The van der Waals surface area contributed by atoms with Crippen LogP contribution in [0.2, 0.25) is 0 Å². The fourth-order valence-electron chi connectivity index (χ4n) is 2.73. The molecule has 2 heterocycles. The first kappa shape index (κ1) is 15.4. The molecule has 2 aromatic heterocycles. The van der Waals surface area contributed by atoms with Gasteiger partial charge >= 0.3 is 5.76 Å². The number of hydrogen-bond donors (Lipinski definition) is 2. The van der Waals surface area contributed by atoms with Gasteiger partial charge in [0.15, 0.2) is 5.58 Å². The number of benzene rings is 1. The second-order valence-corrected chi connectivity index (χ2v) is 5.56. The lowest BCUT2D eigenvalue weighted by Gasteiger charge is -2.08. The fourth-order valence-corrected chi connectivity index (χ4v) is 2.73. The molecule has 0 fully saturated rings. The van der Waals surface area contributed by atoms with Crippen molar-refractivity contribution in [3.05, 3.63) is 45.7 Å². The molecule has 2 N–H and O–H groups in total. The molecule has 0 saturated heterocycles. The van der Waals surface area contributed by atoms with E-state index in [1.807, 2.05) is 30.7 Å². The zero-order valence-corrected chi connectivity index (χ0v) is 13.5. The quantitative estimate of drug-likeness (QED) is 0.746. The molecule has 0 aliphatic carbocycles. The molecule has 1 aromatic carbocycles. The lowest BCUT2D eigenvalue weighted by molar-refractivity contribution is 0.268. The van der Waals surface area contributed by atoms with Crippen LogP contribution < -0.4 is 11.1 Å². The topological polar surface area (TPSA) is 85.2 Å². The van der Waals surface area contributed by atoms with Gasteiger partial charge in [-0.05, 0) is 32.0 Å². The van der Waals surface area contributed by atoms with Gasteiger partial charge in [0, 0.05) is 30.5 Å². The van der Waals surface area contributed by atoms with Crippen molar-refractivity contribution in [1.82, 2.24) is 14.3 Å². The van der Waals surface area contributed by atoms with Gasteiger partial charge in [-0.3, -0.25) is 9.25 Å². The predicted molar refractivity (Wildman–Crippen MR) is 87.6 cm³/mol. The molecule has 0 amide bonds. The maximum Gasteiger partial charge on any atom is 0.419 e. The normalized spacial score (nSPS) is 11.3. The minimum Gasteiger partial charge on any atom is -0.408 e. The summed E-state index contributed by atoms with van der Waals surface area (Å²) in [5, 5.41) is 16.9. The number of nitrogens with zero attached hydrogens (tertiary/aromatic N) is 3. The number of aliphatic hydroxyl groups is 1.